The van der Waals surface area contributed by atoms with Gasteiger partial charge in [-0.3, -0.25) is 9.69 Å². The van der Waals surface area contributed by atoms with Gasteiger partial charge in [0.25, 0.3) is 5.56 Å². The van der Waals surface area contributed by atoms with Crippen LogP contribution in [-0.4, -0.2) is 63.2 Å². The first-order valence-electron chi connectivity index (χ1n) is 12.3. The Kier molecular flexibility index (Phi) is 6.46. The first-order chi connectivity index (χ1) is 18.1. The molecule has 0 radical (unpaired) electrons. The lowest BCUT2D eigenvalue weighted by atomic mass is 10.1. The second-order valence-corrected chi connectivity index (χ2v) is 9.32. The number of aromatic nitrogens is 5. The van der Waals surface area contributed by atoms with Crippen LogP contribution < -0.4 is 19.8 Å². The van der Waals surface area contributed by atoms with Gasteiger partial charge in [-0.25, -0.2) is 4.68 Å². The quantitative estimate of drug-likeness (QED) is 0.367. The Morgan fingerprint density at radius 1 is 1.14 bits per heavy atom. The Morgan fingerprint density at radius 3 is 2.76 bits per heavy atom. The zero-order valence-corrected chi connectivity index (χ0v) is 20.6. The lowest BCUT2D eigenvalue weighted by Gasteiger charge is -2.24. The van der Waals surface area contributed by atoms with Crippen LogP contribution >= 0.6 is 0 Å². The number of rotatable bonds is 9. The molecule has 2 aliphatic rings. The molecule has 1 atom stereocenters. The molecule has 37 heavy (non-hydrogen) atoms. The number of benzene rings is 2. The van der Waals surface area contributed by atoms with Gasteiger partial charge in [0.15, 0.2) is 17.3 Å². The van der Waals surface area contributed by atoms with Gasteiger partial charge in [0, 0.05) is 36.7 Å². The summed E-state index contributed by atoms with van der Waals surface area (Å²) in [6.07, 6.45) is 2.14. The van der Waals surface area contributed by atoms with E-state index in [9.17, 15) is 4.79 Å². The molecule has 2 aliphatic heterocycles. The van der Waals surface area contributed by atoms with Crippen LogP contribution in [0.2, 0.25) is 0 Å². The highest BCUT2D eigenvalue weighted by atomic mass is 16.7. The number of methoxy groups -OCH3 is 1. The smallest absolute Gasteiger partial charge is 0.252 e. The number of aromatic amines is 1. The Bertz CT molecular complexity index is 1440. The lowest BCUT2D eigenvalue weighted by Crippen LogP contribution is -2.34. The monoisotopic (exact) mass is 504 g/mol. The molecular weight excluding hydrogens is 476 g/mol. The maximum atomic E-state index is 13.0. The fraction of sp³-hybridized carbons (Fsp3) is 0.385. The summed E-state index contributed by atoms with van der Waals surface area (Å²) in [5, 5.41) is 13.3. The van der Waals surface area contributed by atoms with Crippen LogP contribution in [0.4, 0.5) is 0 Å². The summed E-state index contributed by atoms with van der Waals surface area (Å²) in [4.78, 5) is 18.2. The second kappa shape index (κ2) is 10.2. The first-order valence-corrected chi connectivity index (χ1v) is 12.3. The van der Waals surface area contributed by atoms with E-state index < -0.39 is 0 Å². The minimum atomic E-state index is -0.137. The zero-order chi connectivity index (χ0) is 25.2. The van der Waals surface area contributed by atoms with Gasteiger partial charge in [-0.15, -0.1) is 5.10 Å². The molecule has 1 N–H and O–H groups in total. The van der Waals surface area contributed by atoms with Crippen LogP contribution in [0, 0.1) is 0 Å². The highest BCUT2D eigenvalue weighted by molar-refractivity contribution is 5.83. The number of nitrogens with zero attached hydrogens (tertiary/aromatic N) is 5. The van der Waals surface area contributed by atoms with Crippen molar-refractivity contribution in [1.29, 1.82) is 0 Å². The van der Waals surface area contributed by atoms with Crippen molar-refractivity contribution in [2.24, 2.45) is 0 Å². The van der Waals surface area contributed by atoms with Gasteiger partial charge in [0.1, 0.15) is 5.75 Å². The van der Waals surface area contributed by atoms with E-state index in [-0.39, 0.29) is 18.5 Å². The van der Waals surface area contributed by atoms with E-state index in [4.69, 9.17) is 18.9 Å². The van der Waals surface area contributed by atoms with Gasteiger partial charge >= 0.3 is 0 Å². The summed E-state index contributed by atoms with van der Waals surface area (Å²) in [7, 11) is 1.65. The summed E-state index contributed by atoms with van der Waals surface area (Å²) in [6.45, 7) is 3.05. The average Bonchev–Trinajstić information content (AvgIpc) is 3.67. The molecule has 11 nitrogen and oxygen atoms in total. The topological polar surface area (TPSA) is 117 Å². The molecule has 0 spiro atoms. The highest BCUT2D eigenvalue weighted by Crippen LogP contribution is 2.35. The maximum Gasteiger partial charge on any atom is 0.252 e. The van der Waals surface area contributed by atoms with Gasteiger partial charge < -0.3 is 23.9 Å². The number of H-pyrrole nitrogens is 1. The van der Waals surface area contributed by atoms with Crippen molar-refractivity contribution in [3.8, 4) is 17.2 Å². The Balaban J connectivity index is 1.25. The molecule has 0 aliphatic carbocycles. The van der Waals surface area contributed by atoms with Crippen molar-refractivity contribution >= 4 is 10.9 Å². The molecule has 1 fully saturated rings. The van der Waals surface area contributed by atoms with Crippen molar-refractivity contribution in [3.05, 3.63) is 69.8 Å². The average molecular weight is 505 g/mol. The molecule has 192 valence electrons. The molecule has 0 amide bonds. The molecule has 0 saturated carbocycles. The van der Waals surface area contributed by atoms with E-state index in [1.165, 1.54) is 0 Å². The van der Waals surface area contributed by atoms with Crippen LogP contribution in [0.1, 0.15) is 29.8 Å². The zero-order valence-electron chi connectivity index (χ0n) is 20.6. The standard InChI is InChI=1S/C26H28N6O5/c1-34-20-6-4-17(5-7-20)12-32-25(28-29-30-32)15-31(14-21-3-2-8-35-21)13-19-9-18-10-23-24(37-16-36-23)11-22(18)27-26(19)33/h4-7,9-11,21H,2-3,8,12-16H2,1H3,(H,27,33)/t21-/m0/s1. The summed E-state index contributed by atoms with van der Waals surface area (Å²) >= 11 is 0. The molecule has 0 bridgehead atoms. The fourth-order valence-electron chi connectivity index (χ4n) is 4.82. The molecule has 2 aromatic carbocycles. The number of tetrazole rings is 1. The molecule has 11 heteroatoms. The number of hydrogen-bond acceptors (Lipinski definition) is 9. The number of pyridine rings is 1. The number of ether oxygens (including phenoxy) is 4. The third-order valence-electron chi connectivity index (χ3n) is 6.76. The molecule has 6 rings (SSSR count). The largest absolute Gasteiger partial charge is 0.497 e. The van der Waals surface area contributed by atoms with E-state index in [1.807, 2.05) is 36.4 Å². The number of fused-ring (bicyclic) bond motifs is 2. The van der Waals surface area contributed by atoms with Crippen LogP contribution in [-0.2, 0) is 24.4 Å². The van der Waals surface area contributed by atoms with Gasteiger partial charge in [-0.05, 0) is 53.1 Å². The first kappa shape index (κ1) is 23.4. The summed E-state index contributed by atoms with van der Waals surface area (Å²) in [5.74, 6) is 2.83. The van der Waals surface area contributed by atoms with E-state index in [1.54, 1.807) is 17.9 Å². The lowest BCUT2D eigenvalue weighted by molar-refractivity contribution is 0.0663. The Morgan fingerprint density at radius 2 is 1.97 bits per heavy atom. The highest BCUT2D eigenvalue weighted by Gasteiger charge is 2.23. The van der Waals surface area contributed by atoms with Crippen LogP contribution in [0.5, 0.6) is 17.2 Å². The number of nitrogens with one attached hydrogen (secondary N) is 1. The van der Waals surface area contributed by atoms with E-state index in [2.05, 4.69) is 25.4 Å². The SMILES string of the molecule is COc1ccc(Cn2nnnc2CN(Cc2cc3cc4c(cc3[nH]c2=O)OCO4)C[C@@H]2CCCO2)cc1. The second-order valence-electron chi connectivity index (χ2n) is 9.32. The van der Waals surface area contributed by atoms with E-state index >= 15 is 0 Å². The summed E-state index contributed by atoms with van der Waals surface area (Å²) in [6, 6.07) is 13.4. The van der Waals surface area contributed by atoms with Gasteiger partial charge in [-0.2, -0.15) is 0 Å². The molecular formula is C26H28N6O5. The van der Waals surface area contributed by atoms with Crippen LogP contribution in [0.3, 0.4) is 0 Å². The predicted octanol–water partition coefficient (Wildman–Crippen LogP) is 2.48. The van der Waals surface area contributed by atoms with Gasteiger partial charge in [0.2, 0.25) is 6.79 Å². The van der Waals surface area contributed by atoms with Gasteiger partial charge in [-0.1, -0.05) is 12.1 Å². The maximum absolute atomic E-state index is 13.0. The molecule has 1 saturated heterocycles. The van der Waals surface area contributed by atoms with E-state index in [0.717, 1.165) is 42.0 Å². The predicted molar refractivity (Wildman–Crippen MR) is 134 cm³/mol. The third kappa shape index (κ3) is 5.13. The molecule has 2 aromatic heterocycles. The van der Waals surface area contributed by atoms with Crippen molar-refractivity contribution in [2.75, 3.05) is 27.1 Å². The van der Waals surface area contributed by atoms with Gasteiger partial charge in [0.05, 0.1) is 31.8 Å². The van der Waals surface area contributed by atoms with Crippen molar-refractivity contribution in [2.45, 2.75) is 38.6 Å². The Hall–Kier alpha value is -3.96. The number of hydrogen-bond donors (Lipinski definition) is 1. The van der Waals surface area contributed by atoms with Crippen molar-refractivity contribution in [1.82, 2.24) is 30.1 Å². The normalized spacial score (nSPS) is 16.6. The minimum Gasteiger partial charge on any atom is -0.497 e. The van der Waals surface area contributed by atoms with Crippen LogP contribution in [0.25, 0.3) is 10.9 Å². The third-order valence-corrected chi connectivity index (χ3v) is 6.76. The molecule has 4 heterocycles. The molecule has 0 unspecified atom stereocenters. The fourth-order valence-corrected chi connectivity index (χ4v) is 4.82. The molecule has 4 aromatic rings. The Labute approximate surface area is 212 Å². The van der Waals surface area contributed by atoms with Crippen molar-refractivity contribution < 1.29 is 18.9 Å². The van der Waals surface area contributed by atoms with E-state index in [0.29, 0.717) is 48.8 Å². The summed E-state index contributed by atoms with van der Waals surface area (Å²) < 4.78 is 23.9. The summed E-state index contributed by atoms with van der Waals surface area (Å²) in [5.41, 5.74) is 2.29. The van der Waals surface area contributed by atoms with Crippen molar-refractivity contribution in [3.63, 3.8) is 0 Å². The minimum absolute atomic E-state index is 0.110. The van der Waals surface area contributed by atoms with Crippen LogP contribution in [0.15, 0.2) is 47.3 Å².